The van der Waals surface area contributed by atoms with Gasteiger partial charge in [0.15, 0.2) is 12.4 Å². The Morgan fingerprint density at radius 3 is 2.15 bits per heavy atom. The lowest BCUT2D eigenvalue weighted by molar-refractivity contribution is -0.118. The fraction of sp³-hybridized carbons (Fsp3) is 0.0800. The van der Waals surface area contributed by atoms with E-state index < -0.39 is 11.8 Å². The van der Waals surface area contributed by atoms with E-state index in [9.17, 15) is 20.0 Å². The molecule has 0 aromatic heterocycles. The molecule has 7 nitrogen and oxygen atoms in total. The van der Waals surface area contributed by atoms with Gasteiger partial charge in [-0.3, -0.25) is 9.59 Å². The maximum Gasteiger partial charge on any atom is 0.266 e. The van der Waals surface area contributed by atoms with Crippen molar-refractivity contribution in [2.75, 3.05) is 17.2 Å². The van der Waals surface area contributed by atoms with Gasteiger partial charge >= 0.3 is 0 Å². The van der Waals surface area contributed by atoms with Gasteiger partial charge in [-0.05, 0) is 67.1 Å². The molecular weight excluding hydrogens is 477 g/mol. The van der Waals surface area contributed by atoms with Gasteiger partial charge in [-0.2, -0.15) is 5.26 Å². The average molecular weight is 496 g/mol. The van der Waals surface area contributed by atoms with Gasteiger partial charge < -0.3 is 20.5 Å². The average Bonchev–Trinajstić information content (AvgIpc) is 2.80. The summed E-state index contributed by atoms with van der Waals surface area (Å²) >= 11 is 12.5. The molecule has 0 radical (unpaired) electrons. The Labute approximate surface area is 206 Å². The van der Waals surface area contributed by atoms with Crippen LogP contribution in [0.1, 0.15) is 11.1 Å². The van der Waals surface area contributed by atoms with Crippen LogP contribution in [0.4, 0.5) is 11.4 Å². The van der Waals surface area contributed by atoms with Crippen LogP contribution < -0.4 is 15.4 Å². The summed E-state index contributed by atoms with van der Waals surface area (Å²) in [6.45, 7) is 1.63. The van der Waals surface area contributed by atoms with E-state index in [2.05, 4.69) is 10.6 Å². The van der Waals surface area contributed by atoms with Crippen molar-refractivity contribution < 1.29 is 19.4 Å². The number of phenols is 1. The molecule has 0 aliphatic carbocycles. The van der Waals surface area contributed by atoms with Gasteiger partial charge in [0.2, 0.25) is 0 Å². The second-order valence-electron chi connectivity index (χ2n) is 7.19. The van der Waals surface area contributed by atoms with Crippen molar-refractivity contribution in [3.63, 3.8) is 0 Å². The number of nitrogens with one attached hydrogen (secondary N) is 2. The summed E-state index contributed by atoms with van der Waals surface area (Å²) in [5.41, 5.74) is 2.31. The molecule has 0 saturated carbocycles. The van der Waals surface area contributed by atoms with E-state index in [0.717, 1.165) is 5.56 Å². The smallest absolute Gasteiger partial charge is 0.266 e. The number of benzene rings is 3. The van der Waals surface area contributed by atoms with Crippen molar-refractivity contribution >= 4 is 52.5 Å². The van der Waals surface area contributed by atoms with Gasteiger partial charge in [-0.15, -0.1) is 0 Å². The van der Waals surface area contributed by atoms with Crippen molar-refractivity contribution in [2.45, 2.75) is 6.92 Å². The van der Waals surface area contributed by atoms with E-state index in [-0.39, 0.29) is 33.7 Å². The summed E-state index contributed by atoms with van der Waals surface area (Å²) in [6, 6.07) is 17.9. The number of hydrogen-bond acceptors (Lipinski definition) is 5. The van der Waals surface area contributed by atoms with Gasteiger partial charge in [-0.1, -0.05) is 40.9 Å². The van der Waals surface area contributed by atoms with Crippen molar-refractivity contribution in [3.8, 4) is 17.6 Å². The van der Waals surface area contributed by atoms with Gasteiger partial charge in [0, 0.05) is 11.4 Å². The highest BCUT2D eigenvalue weighted by atomic mass is 35.5. The summed E-state index contributed by atoms with van der Waals surface area (Å²) < 4.78 is 5.49. The Kier molecular flexibility index (Phi) is 8.14. The number of halogens is 2. The zero-order valence-corrected chi connectivity index (χ0v) is 19.4. The molecule has 0 unspecified atom stereocenters. The van der Waals surface area contributed by atoms with Crippen LogP contribution in [0.5, 0.6) is 11.5 Å². The SMILES string of the molecule is Cc1ccc(NC(=O)COc2c(Cl)cc(/C=C(\C#N)C(=O)Nc3ccc(O)cc3)cc2Cl)cc1. The van der Waals surface area contributed by atoms with E-state index >= 15 is 0 Å². The van der Waals surface area contributed by atoms with Crippen LogP contribution in [0.25, 0.3) is 6.08 Å². The number of rotatable bonds is 7. The summed E-state index contributed by atoms with van der Waals surface area (Å²) in [5.74, 6) is -0.883. The molecule has 9 heteroatoms. The van der Waals surface area contributed by atoms with Crippen LogP contribution in [0.2, 0.25) is 10.0 Å². The molecule has 2 amide bonds. The van der Waals surface area contributed by atoms with Crippen LogP contribution in [0.15, 0.2) is 66.2 Å². The van der Waals surface area contributed by atoms with E-state index in [4.69, 9.17) is 27.9 Å². The van der Waals surface area contributed by atoms with Crippen LogP contribution in [-0.2, 0) is 9.59 Å². The molecule has 0 fully saturated rings. The molecule has 3 aromatic carbocycles. The molecule has 0 bridgehead atoms. The Bertz CT molecular complexity index is 1260. The first-order chi connectivity index (χ1) is 16.2. The number of aryl methyl sites for hydroxylation is 1. The summed E-state index contributed by atoms with van der Waals surface area (Å²) in [7, 11) is 0. The number of hydrogen-bond donors (Lipinski definition) is 3. The highest BCUT2D eigenvalue weighted by Gasteiger charge is 2.14. The number of nitriles is 1. The predicted molar refractivity (Wildman–Crippen MR) is 132 cm³/mol. The highest BCUT2D eigenvalue weighted by molar-refractivity contribution is 6.37. The van der Waals surface area contributed by atoms with Gasteiger partial charge in [-0.25, -0.2) is 0 Å². The maximum atomic E-state index is 12.4. The third-order valence-corrected chi connectivity index (χ3v) is 5.07. The summed E-state index contributed by atoms with van der Waals surface area (Å²) in [4.78, 5) is 24.6. The molecule has 3 rings (SSSR count). The first-order valence-corrected chi connectivity index (χ1v) is 10.7. The third-order valence-electron chi connectivity index (χ3n) is 4.50. The number of anilines is 2. The predicted octanol–water partition coefficient (Wildman–Crippen LogP) is 5.57. The summed E-state index contributed by atoms with van der Waals surface area (Å²) in [6.07, 6.45) is 1.32. The lowest BCUT2D eigenvalue weighted by Crippen LogP contribution is -2.20. The van der Waals surface area contributed by atoms with Gasteiger partial charge in [0.05, 0.1) is 10.0 Å². The zero-order valence-electron chi connectivity index (χ0n) is 17.9. The van der Waals surface area contributed by atoms with Gasteiger partial charge in [0.1, 0.15) is 17.4 Å². The fourth-order valence-electron chi connectivity index (χ4n) is 2.83. The number of amides is 2. The van der Waals surface area contributed by atoms with Crippen molar-refractivity contribution in [1.29, 1.82) is 5.26 Å². The first kappa shape index (κ1) is 24.6. The number of ether oxygens (including phenoxy) is 1. The molecule has 0 heterocycles. The number of phenolic OH excluding ortho intramolecular Hbond substituents is 1. The topological polar surface area (TPSA) is 111 Å². The normalized spacial score (nSPS) is 10.8. The largest absolute Gasteiger partial charge is 0.508 e. The lowest BCUT2D eigenvalue weighted by Gasteiger charge is -2.11. The summed E-state index contributed by atoms with van der Waals surface area (Å²) in [5, 5.41) is 24.2. The molecule has 3 N–H and O–H groups in total. The molecule has 34 heavy (non-hydrogen) atoms. The molecule has 0 saturated heterocycles. The molecule has 0 aliphatic heterocycles. The quantitative estimate of drug-likeness (QED) is 0.225. The standard InChI is InChI=1S/C25H19Cl2N3O4/c1-15-2-4-18(5-3-15)29-23(32)14-34-24-21(26)11-16(12-22(24)27)10-17(13-28)25(33)30-19-6-8-20(31)9-7-19/h2-12,31H,14H2,1H3,(H,29,32)(H,30,33)/b17-10+. The van der Waals surface area contributed by atoms with E-state index in [1.54, 1.807) is 12.1 Å². The van der Waals surface area contributed by atoms with Crippen molar-refractivity contribution in [3.05, 3.63) is 87.4 Å². The minimum absolute atomic E-state index is 0.0493. The van der Waals surface area contributed by atoms with Crippen molar-refractivity contribution in [1.82, 2.24) is 0 Å². The number of aromatic hydroxyl groups is 1. The Hall–Kier alpha value is -3.99. The van der Waals surface area contributed by atoms with E-state index in [0.29, 0.717) is 16.9 Å². The van der Waals surface area contributed by atoms with Crippen LogP contribution in [0.3, 0.4) is 0 Å². The van der Waals surface area contributed by atoms with Gasteiger partial charge in [0.25, 0.3) is 11.8 Å². The van der Waals surface area contributed by atoms with E-state index in [1.165, 1.54) is 42.5 Å². The Balaban J connectivity index is 1.68. The third kappa shape index (κ3) is 6.75. The highest BCUT2D eigenvalue weighted by Crippen LogP contribution is 2.35. The van der Waals surface area contributed by atoms with Crippen molar-refractivity contribution in [2.24, 2.45) is 0 Å². The fourth-order valence-corrected chi connectivity index (χ4v) is 3.44. The molecular formula is C25H19Cl2N3O4. The number of nitrogens with zero attached hydrogens (tertiary/aromatic N) is 1. The minimum Gasteiger partial charge on any atom is -0.508 e. The second kappa shape index (κ2) is 11.2. The Morgan fingerprint density at radius 1 is 1.00 bits per heavy atom. The minimum atomic E-state index is -0.645. The molecule has 0 aliphatic rings. The van der Waals surface area contributed by atoms with E-state index in [1.807, 2.05) is 25.1 Å². The molecule has 0 atom stereocenters. The lowest BCUT2D eigenvalue weighted by atomic mass is 10.1. The first-order valence-electron chi connectivity index (χ1n) is 9.95. The zero-order chi connectivity index (χ0) is 24.7. The van der Waals surface area contributed by atoms with Crippen LogP contribution >= 0.6 is 23.2 Å². The second-order valence-corrected chi connectivity index (χ2v) is 8.00. The molecule has 172 valence electrons. The number of carbonyl (C=O) groups excluding carboxylic acids is 2. The monoisotopic (exact) mass is 495 g/mol. The van der Waals surface area contributed by atoms with Crippen LogP contribution in [-0.4, -0.2) is 23.5 Å². The molecule has 0 spiro atoms. The van der Waals surface area contributed by atoms with Crippen LogP contribution in [0, 0.1) is 18.3 Å². The maximum absolute atomic E-state index is 12.4. The number of carbonyl (C=O) groups is 2. The molecule has 3 aromatic rings. The Morgan fingerprint density at radius 2 is 1.56 bits per heavy atom.